The maximum Gasteiger partial charge on any atom is 0.00963 e. The standard InChI is InChI=1S/C9H18N2/c1-7-4-9(7)11-3-2-8-5-10-6-8/h7-11H,2-6H2,1H3. The van der Waals surface area contributed by atoms with Crippen LogP contribution in [0, 0.1) is 11.8 Å². The van der Waals surface area contributed by atoms with Gasteiger partial charge in [-0.05, 0) is 44.3 Å². The molecule has 0 amide bonds. The van der Waals surface area contributed by atoms with Crippen LogP contribution < -0.4 is 10.6 Å². The van der Waals surface area contributed by atoms with Gasteiger partial charge in [-0.25, -0.2) is 0 Å². The molecule has 11 heavy (non-hydrogen) atoms. The van der Waals surface area contributed by atoms with Gasteiger partial charge in [-0.2, -0.15) is 0 Å². The lowest BCUT2D eigenvalue weighted by atomic mass is 10.00. The number of rotatable bonds is 4. The molecule has 0 aromatic rings. The lowest BCUT2D eigenvalue weighted by Gasteiger charge is -2.26. The third-order valence-electron chi connectivity index (χ3n) is 2.93. The lowest BCUT2D eigenvalue weighted by Crippen LogP contribution is -2.43. The third-order valence-corrected chi connectivity index (χ3v) is 2.93. The third kappa shape index (κ3) is 1.94. The van der Waals surface area contributed by atoms with E-state index in [9.17, 15) is 0 Å². The van der Waals surface area contributed by atoms with Crippen LogP contribution >= 0.6 is 0 Å². The van der Waals surface area contributed by atoms with E-state index in [0.29, 0.717) is 0 Å². The maximum absolute atomic E-state index is 3.58. The molecule has 1 aliphatic carbocycles. The van der Waals surface area contributed by atoms with Crippen molar-refractivity contribution in [2.24, 2.45) is 11.8 Å². The molecule has 1 saturated heterocycles. The van der Waals surface area contributed by atoms with Crippen LogP contribution in [0.15, 0.2) is 0 Å². The fourth-order valence-corrected chi connectivity index (χ4v) is 1.63. The Morgan fingerprint density at radius 2 is 2.18 bits per heavy atom. The molecule has 0 bridgehead atoms. The van der Waals surface area contributed by atoms with Crippen LogP contribution in [0.25, 0.3) is 0 Å². The van der Waals surface area contributed by atoms with E-state index in [1.807, 2.05) is 0 Å². The summed E-state index contributed by atoms with van der Waals surface area (Å²) in [5, 5.41) is 6.87. The summed E-state index contributed by atoms with van der Waals surface area (Å²) < 4.78 is 0. The normalized spacial score (nSPS) is 36.8. The smallest absolute Gasteiger partial charge is 0.00963 e. The minimum Gasteiger partial charge on any atom is -0.316 e. The van der Waals surface area contributed by atoms with E-state index in [2.05, 4.69) is 17.6 Å². The van der Waals surface area contributed by atoms with Gasteiger partial charge in [0.1, 0.15) is 0 Å². The van der Waals surface area contributed by atoms with E-state index >= 15 is 0 Å². The fourth-order valence-electron chi connectivity index (χ4n) is 1.63. The summed E-state index contributed by atoms with van der Waals surface area (Å²) in [7, 11) is 0. The highest BCUT2D eigenvalue weighted by Gasteiger charge is 2.31. The summed E-state index contributed by atoms with van der Waals surface area (Å²) in [5.41, 5.74) is 0. The van der Waals surface area contributed by atoms with E-state index in [4.69, 9.17) is 0 Å². The van der Waals surface area contributed by atoms with E-state index in [1.165, 1.54) is 32.5 Å². The largest absolute Gasteiger partial charge is 0.316 e. The highest BCUT2D eigenvalue weighted by Crippen LogP contribution is 2.28. The molecule has 2 nitrogen and oxygen atoms in total. The minimum absolute atomic E-state index is 0.864. The molecule has 2 atom stereocenters. The predicted octanol–water partition coefficient (Wildman–Crippen LogP) is 0.594. The highest BCUT2D eigenvalue weighted by atomic mass is 15.0. The first-order chi connectivity index (χ1) is 5.36. The molecular weight excluding hydrogens is 136 g/mol. The van der Waals surface area contributed by atoms with Crippen molar-refractivity contribution < 1.29 is 0 Å². The molecule has 2 heteroatoms. The molecule has 0 spiro atoms. The minimum atomic E-state index is 0.864. The Morgan fingerprint density at radius 1 is 1.45 bits per heavy atom. The van der Waals surface area contributed by atoms with Crippen molar-refractivity contribution in [3.05, 3.63) is 0 Å². The molecular formula is C9H18N2. The molecule has 0 aromatic heterocycles. The molecule has 0 radical (unpaired) electrons. The Labute approximate surface area is 68.7 Å². The molecule has 0 aromatic carbocycles. The molecule has 1 aliphatic heterocycles. The summed E-state index contributed by atoms with van der Waals surface area (Å²) in [6, 6.07) is 0.864. The van der Waals surface area contributed by atoms with E-state index in [-0.39, 0.29) is 0 Å². The van der Waals surface area contributed by atoms with Crippen LogP contribution in [0.5, 0.6) is 0 Å². The van der Waals surface area contributed by atoms with Gasteiger partial charge < -0.3 is 10.6 Å². The van der Waals surface area contributed by atoms with Crippen molar-refractivity contribution in [2.75, 3.05) is 19.6 Å². The molecule has 64 valence electrons. The summed E-state index contributed by atoms with van der Waals surface area (Å²) in [6.07, 6.45) is 2.78. The van der Waals surface area contributed by atoms with Crippen molar-refractivity contribution in [1.29, 1.82) is 0 Å². The Bertz CT molecular complexity index is 127. The van der Waals surface area contributed by atoms with Crippen molar-refractivity contribution in [3.63, 3.8) is 0 Å². The summed E-state index contributed by atoms with van der Waals surface area (Å²) in [4.78, 5) is 0. The Balaban J connectivity index is 1.47. The van der Waals surface area contributed by atoms with Crippen LogP contribution in [0.3, 0.4) is 0 Å². The number of hydrogen-bond donors (Lipinski definition) is 2. The van der Waals surface area contributed by atoms with E-state index in [1.54, 1.807) is 0 Å². The van der Waals surface area contributed by atoms with Crippen molar-refractivity contribution in [2.45, 2.75) is 25.8 Å². The van der Waals surface area contributed by atoms with E-state index in [0.717, 1.165) is 17.9 Å². The molecule has 2 rings (SSSR count). The van der Waals surface area contributed by atoms with Gasteiger partial charge in [0.25, 0.3) is 0 Å². The van der Waals surface area contributed by atoms with Gasteiger partial charge in [0.2, 0.25) is 0 Å². The van der Waals surface area contributed by atoms with Crippen LogP contribution in [0.1, 0.15) is 19.8 Å². The highest BCUT2D eigenvalue weighted by molar-refractivity contribution is 4.89. The molecule has 2 N–H and O–H groups in total. The first-order valence-electron chi connectivity index (χ1n) is 4.80. The average molecular weight is 154 g/mol. The van der Waals surface area contributed by atoms with Gasteiger partial charge in [-0.1, -0.05) is 6.92 Å². The Kier molecular flexibility index (Phi) is 2.14. The molecule has 1 saturated carbocycles. The lowest BCUT2D eigenvalue weighted by molar-refractivity contribution is 0.321. The van der Waals surface area contributed by atoms with Gasteiger partial charge in [-0.15, -0.1) is 0 Å². The quantitative estimate of drug-likeness (QED) is 0.619. The second-order valence-electron chi connectivity index (χ2n) is 4.09. The Morgan fingerprint density at radius 3 is 2.64 bits per heavy atom. The second kappa shape index (κ2) is 3.11. The zero-order valence-corrected chi connectivity index (χ0v) is 7.27. The van der Waals surface area contributed by atoms with Crippen molar-refractivity contribution in [3.8, 4) is 0 Å². The number of hydrogen-bond acceptors (Lipinski definition) is 2. The first kappa shape index (κ1) is 7.56. The van der Waals surface area contributed by atoms with Gasteiger partial charge in [0, 0.05) is 6.04 Å². The monoisotopic (exact) mass is 154 g/mol. The maximum atomic E-state index is 3.58. The average Bonchev–Trinajstić information content (AvgIpc) is 2.55. The van der Waals surface area contributed by atoms with Gasteiger partial charge in [0.05, 0.1) is 0 Å². The second-order valence-corrected chi connectivity index (χ2v) is 4.09. The first-order valence-corrected chi connectivity index (χ1v) is 4.80. The molecule has 1 heterocycles. The van der Waals surface area contributed by atoms with Gasteiger partial charge >= 0.3 is 0 Å². The van der Waals surface area contributed by atoms with Crippen LogP contribution in [0.4, 0.5) is 0 Å². The van der Waals surface area contributed by atoms with Gasteiger partial charge in [-0.3, -0.25) is 0 Å². The van der Waals surface area contributed by atoms with Gasteiger partial charge in [0.15, 0.2) is 0 Å². The SMILES string of the molecule is CC1CC1NCCC1CNC1. The Hall–Kier alpha value is -0.0800. The zero-order chi connectivity index (χ0) is 7.68. The summed E-state index contributed by atoms with van der Waals surface area (Å²) >= 11 is 0. The predicted molar refractivity (Wildman–Crippen MR) is 46.5 cm³/mol. The van der Waals surface area contributed by atoms with Crippen LogP contribution in [-0.2, 0) is 0 Å². The van der Waals surface area contributed by atoms with Crippen LogP contribution in [0.2, 0.25) is 0 Å². The molecule has 2 unspecified atom stereocenters. The topological polar surface area (TPSA) is 24.1 Å². The summed E-state index contributed by atoms with van der Waals surface area (Å²) in [5.74, 6) is 1.92. The van der Waals surface area contributed by atoms with Crippen molar-refractivity contribution >= 4 is 0 Å². The van der Waals surface area contributed by atoms with Crippen LogP contribution in [-0.4, -0.2) is 25.7 Å². The summed E-state index contributed by atoms with van der Waals surface area (Å²) in [6.45, 7) is 6.06. The number of nitrogens with one attached hydrogen (secondary N) is 2. The molecule has 2 aliphatic rings. The zero-order valence-electron chi connectivity index (χ0n) is 7.27. The fraction of sp³-hybridized carbons (Fsp3) is 1.00. The van der Waals surface area contributed by atoms with Crippen molar-refractivity contribution in [1.82, 2.24) is 10.6 Å². The molecule has 2 fully saturated rings. The van der Waals surface area contributed by atoms with E-state index < -0.39 is 0 Å².